The molecule has 0 unspecified atom stereocenters. The largest absolute Gasteiger partial charge is 1.00 e. The van der Waals surface area contributed by atoms with Gasteiger partial charge in [-0.2, -0.15) is 4.65 Å². The highest BCUT2D eigenvalue weighted by atomic mass is 35.5. The molecule has 0 aromatic heterocycles. The van der Waals surface area contributed by atoms with Crippen molar-refractivity contribution < 1.29 is 22.3 Å². The summed E-state index contributed by atoms with van der Waals surface area (Å²) in [5.74, 6) is 0. The van der Waals surface area contributed by atoms with Crippen LogP contribution in [0.1, 0.15) is 13.3 Å². The zero-order valence-corrected chi connectivity index (χ0v) is 6.44. The predicted molar refractivity (Wildman–Crippen MR) is 29.1 cm³/mol. The average Bonchev–Trinajstić information content (AvgIpc) is 1.30. The molecule has 0 heterocycles. The Morgan fingerprint density at radius 3 is 1.75 bits per heavy atom. The quantitative estimate of drug-likeness (QED) is 0.342. The third kappa shape index (κ3) is 9.51. The van der Waals surface area contributed by atoms with E-state index in [0.717, 1.165) is 13.0 Å². The minimum absolute atomic E-state index is 0. The molecule has 0 aliphatic carbocycles. The first-order valence-electron chi connectivity index (χ1n) is 2.62. The van der Waals surface area contributed by atoms with Crippen molar-refractivity contribution in [1.82, 2.24) is 0 Å². The van der Waals surface area contributed by atoms with Crippen LogP contribution in [0.25, 0.3) is 0 Å². The van der Waals surface area contributed by atoms with Crippen LogP contribution >= 0.6 is 0 Å². The van der Waals surface area contributed by atoms with Gasteiger partial charge in [-0.25, -0.2) is 5.21 Å². The van der Waals surface area contributed by atoms with E-state index >= 15 is 0 Å². The Kier molecular flexibility index (Phi) is 5.71. The van der Waals surface area contributed by atoms with E-state index in [4.69, 9.17) is 5.21 Å². The molecule has 0 radical (unpaired) electrons. The summed E-state index contributed by atoms with van der Waals surface area (Å²) in [4.78, 5) is 0. The van der Waals surface area contributed by atoms with Crippen LogP contribution < -0.4 is 12.4 Å². The van der Waals surface area contributed by atoms with Gasteiger partial charge in [-0.1, -0.05) is 6.92 Å². The second kappa shape index (κ2) is 4.13. The van der Waals surface area contributed by atoms with Crippen molar-refractivity contribution in [1.29, 1.82) is 0 Å². The molecule has 0 aliphatic heterocycles. The molecule has 0 fully saturated rings. The van der Waals surface area contributed by atoms with Crippen LogP contribution in [0, 0.1) is 0 Å². The van der Waals surface area contributed by atoms with Crippen LogP contribution in [0.4, 0.5) is 0 Å². The molecule has 52 valence electrons. The zero-order chi connectivity index (χ0) is 5.91. The maximum Gasteiger partial charge on any atom is 0.108 e. The minimum atomic E-state index is 0. The lowest BCUT2D eigenvalue weighted by Gasteiger charge is -2.17. The highest BCUT2D eigenvalue weighted by molar-refractivity contribution is 4.16. The van der Waals surface area contributed by atoms with Gasteiger partial charge in [-0.15, -0.1) is 0 Å². The molecule has 0 bridgehead atoms. The van der Waals surface area contributed by atoms with Gasteiger partial charge in [-0.3, -0.25) is 0 Å². The van der Waals surface area contributed by atoms with Crippen molar-refractivity contribution >= 4 is 0 Å². The van der Waals surface area contributed by atoms with Crippen LogP contribution in [-0.2, 0) is 0 Å². The maximum absolute atomic E-state index is 8.96. The summed E-state index contributed by atoms with van der Waals surface area (Å²) in [6.07, 6.45) is 1.03. The van der Waals surface area contributed by atoms with E-state index in [-0.39, 0.29) is 17.1 Å². The second-order valence-corrected chi connectivity index (χ2v) is 2.34. The number of hydrogen-bond donors (Lipinski definition) is 1. The van der Waals surface area contributed by atoms with E-state index in [2.05, 4.69) is 6.92 Å². The van der Waals surface area contributed by atoms with E-state index in [9.17, 15) is 0 Å². The lowest BCUT2D eigenvalue weighted by molar-refractivity contribution is -1.07. The molecular formula is C5H14ClNO. The summed E-state index contributed by atoms with van der Waals surface area (Å²) in [6, 6.07) is 0. The molecule has 8 heavy (non-hydrogen) atoms. The van der Waals surface area contributed by atoms with Crippen molar-refractivity contribution in [2.24, 2.45) is 0 Å². The molecule has 0 amide bonds. The lowest BCUT2D eigenvalue weighted by atomic mass is 10.5. The second-order valence-electron chi connectivity index (χ2n) is 2.34. The Morgan fingerprint density at radius 1 is 1.38 bits per heavy atom. The third-order valence-electron chi connectivity index (χ3n) is 0.771. The summed E-state index contributed by atoms with van der Waals surface area (Å²) in [7, 11) is 3.53. The first kappa shape index (κ1) is 11.1. The highest BCUT2D eigenvalue weighted by Crippen LogP contribution is 1.89. The maximum atomic E-state index is 8.96. The van der Waals surface area contributed by atoms with Gasteiger partial charge in [0.25, 0.3) is 0 Å². The molecule has 0 saturated carbocycles. The molecule has 0 aliphatic rings. The SMILES string of the molecule is CCC[N+](C)(C)O.[Cl-]. The lowest BCUT2D eigenvalue weighted by Crippen LogP contribution is -3.00. The number of rotatable bonds is 2. The Hall–Kier alpha value is 0.210. The number of hydrogen-bond acceptors (Lipinski definition) is 1. The van der Waals surface area contributed by atoms with Crippen molar-refractivity contribution in [3.63, 3.8) is 0 Å². The molecule has 0 aromatic rings. The van der Waals surface area contributed by atoms with Gasteiger partial charge >= 0.3 is 0 Å². The van der Waals surface area contributed by atoms with Crippen molar-refractivity contribution in [3.8, 4) is 0 Å². The van der Waals surface area contributed by atoms with Gasteiger partial charge in [0.05, 0.1) is 14.1 Å². The van der Waals surface area contributed by atoms with Gasteiger partial charge < -0.3 is 12.4 Å². The topological polar surface area (TPSA) is 20.2 Å². The smallest absolute Gasteiger partial charge is 0.108 e. The Balaban J connectivity index is 0. The molecule has 0 atom stereocenters. The van der Waals surface area contributed by atoms with Gasteiger partial charge in [-0.05, 0) is 6.42 Å². The zero-order valence-electron chi connectivity index (χ0n) is 5.69. The number of halogens is 1. The normalized spacial score (nSPS) is 10.5. The predicted octanol–water partition coefficient (Wildman–Crippen LogP) is -2.13. The molecule has 1 N–H and O–H groups in total. The third-order valence-corrected chi connectivity index (χ3v) is 0.771. The molecule has 0 saturated heterocycles. The Labute approximate surface area is 57.1 Å². The number of hydroxylamine groups is 3. The van der Waals surface area contributed by atoms with E-state index in [1.807, 2.05) is 0 Å². The van der Waals surface area contributed by atoms with Gasteiger partial charge in [0.1, 0.15) is 6.54 Å². The molecule has 0 spiro atoms. The Bertz CT molecular complexity index is 50.9. The van der Waals surface area contributed by atoms with Crippen molar-refractivity contribution in [2.45, 2.75) is 13.3 Å². The summed E-state index contributed by atoms with van der Waals surface area (Å²) >= 11 is 0. The molecule has 0 aromatic carbocycles. The first-order chi connectivity index (χ1) is 3.06. The van der Waals surface area contributed by atoms with Crippen molar-refractivity contribution in [2.75, 3.05) is 20.6 Å². The van der Waals surface area contributed by atoms with E-state index in [0.29, 0.717) is 0 Å². The van der Waals surface area contributed by atoms with E-state index in [1.54, 1.807) is 14.1 Å². The van der Waals surface area contributed by atoms with E-state index in [1.165, 1.54) is 0 Å². The minimum Gasteiger partial charge on any atom is -1.00 e. The summed E-state index contributed by atoms with van der Waals surface area (Å²) in [5, 5.41) is 8.96. The standard InChI is InChI=1S/C5H14NO.ClH/c1-4-5-6(2,3)7;/h7H,4-5H2,1-3H3;1H/q+1;/p-1. The highest BCUT2D eigenvalue weighted by Gasteiger charge is 2.05. The fourth-order valence-corrected chi connectivity index (χ4v) is 0.547. The summed E-state index contributed by atoms with van der Waals surface area (Å²) in [5.41, 5.74) is 0. The van der Waals surface area contributed by atoms with Gasteiger partial charge in [0, 0.05) is 0 Å². The number of quaternary nitrogens is 1. The van der Waals surface area contributed by atoms with Crippen molar-refractivity contribution in [3.05, 3.63) is 0 Å². The summed E-state index contributed by atoms with van der Waals surface area (Å²) < 4.78 is 0.0938. The summed E-state index contributed by atoms with van der Waals surface area (Å²) in [6.45, 7) is 2.89. The molecular weight excluding hydrogens is 126 g/mol. The van der Waals surface area contributed by atoms with Gasteiger partial charge in [0.2, 0.25) is 0 Å². The monoisotopic (exact) mass is 139 g/mol. The van der Waals surface area contributed by atoms with Crippen LogP contribution in [0.2, 0.25) is 0 Å². The molecule has 3 heteroatoms. The number of nitrogens with zero attached hydrogens (tertiary/aromatic N) is 1. The average molecular weight is 140 g/mol. The van der Waals surface area contributed by atoms with Crippen LogP contribution in [-0.4, -0.2) is 30.5 Å². The Morgan fingerprint density at radius 2 is 1.75 bits per heavy atom. The molecule has 0 rings (SSSR count). The first-order valence-corrected chi connectivity index (χ1v) is 2.62. The van der Waals surface area contributed by atoms with Crippen LogP contribution in [0.15, 0.2) is 0 Å². The van der Waals surface area contributed by atoms with E-state index < -0.39 is 0 Å². The fraction of sp³-hybridized carbons (Fsp3) is 1.00. The fourth-order valence-electron chi connectivity index (χ4n) is 0.547. The van der Waals surface area contributed by atoms with Crippen LogP contribution in [0.5, 0.6) is 0 Å². The van der Waals surface area contributed by atoms with Crippen LogP contribution in [0.3, 0.4) is 0 Å². The van der Waals surface area contributed by atoms with Gasteiger partial charge in [0.15, 0.2) is 0 Å². The molecule has 2 nitrogen and oxygen atoms in total.